The van der Waals surface area contributed by atoms with E-state index in [2.05, 4.69) is 41.8 Å². The van der Waals surface area contributed by atoms with Gasteiger partial charge in [-0.05, 0) is 52.1 Å². The Labute approximate surface area is 145 Å². The molecule has 0 saturated carbocycles. The van der Waals surface area contributed by atoms with Crippen LogP contribution in [-0.4, -0.2) is 47.0 Å². The highest BCUT2D eigenvalue weighted by Gasteiger charge is 2.38. The van der Waals surface area contributed by atoms with E-state index >= 15 is 0 Å². The Balaban J connectivity index is 1.74. The fourth-order valence-electron chi connectivity index (χ4n) is 4.29. The summed E-state index contributed by atoms with van der Waals surface area (Å²) >= 11 is 0. The van der Waals surface area contributed by atoms with Gasteiger partial charge < -0.3 is 9.64 Å². The third-order valence-electron chi connectivity index (χ3n) is 5.27. The first kappa shape index (κ1) is 17.3. The second-order valence-electron chi connectivity index (χ2n) is 7.38. The van der Waals surface area contributed by atoms with Gasteiger partial charge in [0.15, 0.2) is 0 Å². The van der Waals surface area contributed by atoms with E-state index < -0.39 is 0 Å². The predicted molar refractivity (Wildman–Crippen MR) is 96.0 cm³/mol. The highest BCUT2D eigenvalue weighted by molar-refractivity contribution is 5.74. The summed E-state index contributed by atoms with van der Waals surface area (Å²) in [6.07, 6.45) is 4.89. The van der Waals surface area contributed by atoms with Crippen molar-refractivity contribution in [1.29, 1.82) is 0 Å². The Kier molecular flexibility index (Phi) is 5.44. The molecule has 0 aliphatic carbocycles. The minimum atomic E-state index is 0.184. The van der Waals surface area contributed by atoms with Gasteiger partial charge in [0.05, 0.1) is 6.10 Å². The molecule has 132 valence electrons. The predicted octanol–water partition coefficient (Wildman–Crippen LogP) is 3.45. The van der Waals surface area contributed by atoms with Gasteiger partial charge in [-0.15, -0.1) is 0 Å². The quantitative estimate of drug-likeness (QED) is 0.829. The van der Waals surface area contributed by atoms with Crippen molar-refractivity contribution in [1.82, 2.24) is 9.80 Å². The fraction of sp³-hybridized carbons (Fsp3) is 0.650. The van der Waals surface area contributed by atoms with E-state index in [0.29, 0.717) is 12.1 Å². The Bertz CT molecular complexity index is 573. The number of carbonyl (C=O) groups excluding carboxylic acids is 1. The standard InChI is InChI=1S/C20H30N2O2/c1-15(2)24-20-11-5-4-8-17(20)14-21-12-6-9-18(21)19-10-7-13-22(19)16(3)23/h4-5,8,11,15,18-19H,6-7,9-10,12-14H2,1-3H3/t18-,19-/m1/s1. The van der Waals surface area contributed by atoms with Crippen molar-refractivity contribution in [3.8, 4) is 5.75 Å². The molecule has 0 bridgehead atoms. The zero-order valence-electron chi connectivity index (χ0n) is 15.2. The molecule has 24 heavy (non-hydrogen) atoms. The lowest BCUT2D eigenvalue weighted by atomic mass is 10.0. The van der Waals surface area contributed by atoms with Gasteiger partial charge in [0.2, 0.25) is 5.91 Å². The number of nitrogens with zero attached hydrogens (tertiary/aromatic N) is 2. The molecule has 3 rings (SSSR count). The van der Waals surface area contributed by atoms with Gasteiger partial charge in [0.1, 0.15) is 5.75 Å². The second kappa shape index (κ2) is 7.56. The highest BCUT2D eigenvalue weighted by atomic mass is 16.5. The van der Waals surface area contributed by atoms with Gasteiger partial charge in [-0.2, -0.15) is 0 Å². The maximum atomic E-state index is 11.9. The summed E-state index contributed by atoms with van der Waals surface area (Å²) in [7, 11) is 0. The largest absolute Gasteiger partial charge is 0.491 e. The van der Waals surface area contributed by atoms with Gasteiger partial charge >= 0.3 is 0 Å². The fourth-order valence-corrected chi connectivity index (χ4v) is 4.29. The molecule has 0 unspecified atom stereocenters. The molecule has 4 nitrogen and oxygen atoms in total. The van der Waals surface area contributed by atoms with Crippen molar-refractivity contribution >= 4 is 5.91 Å². The summed E-state index contributed by atoms with van der Waals surface area (Å²) in [5.74, 6) is 1.22. The van der Waals surface area contributed by atoms with E-state index in [1.54, 1.807) is 6.92 Å². The van der Waals surface area contributed by atoms with Crippen LogP contribution in [0.2, 0.25) is 0 Å². The van der Waals surface area contributed by atoms with Crippen molar-refractivity contribution in [2.75, 3.05) is 13.1 Å². The number of hydrogen-bond donors (Lipinski definition) is 0. The monoisotopic (exact) mass is 330 g/mol. The Morgan fingerprint density at radius 1 is 1.17 bits per heavy atom. The van der Waals surface area contributed by atoms with Crippen LogP contribution in [0.5, 0.6) is 5.75 Å². The van der Waals surface area contributed by atoms with Crippen LogP contribution >= 0.6 is 0 Å². The van der Waals surface area contributed by atoms with Crippen LogP contribution in [0.4, 0.5) is 0 Å². The van der Waals surface area contributed by atoms with Crippen LogP contribution in [0.15, 0.2) is 24.3 Å². The molecular weight excluding hydrogens is 300 g/mol. The molecule has 0 radical (unpaired) electrons. The summed E-state index contributed by atoms with van der Waals surface area (Å²) in [4.78, 5) is 16.6. The van der Waals surface area contributed by atoms with Gasteiger partial charge in [0, 0.05) is 37.7 Å². The van der Waals surface area contributed by atoms with Crippen molar-refractivity contribution in [3.63, 3.8) is 0 Å². The zero-order chi connectivity index (χ0) is 17.1. The third-order valence-corrected chi connectivity index (χ3v) is 5.27. The molecule has 2 aliphatic rings. The first-order valence-corrected chi connectivity index (χ1v) is 9.32. The first-order valence-electron chi connectivity index (χ1n) is 9.32. The number of hydrogen-bond acceptors (Lipinski definition) is 3. The lowest BCUT2D eigenvalue weighted by Crippen LogP contribution is -2.47. The number of rotatable bonds is 5. The summed E-state index contributed by atoms with van der Waals surface area (Å²) in [5.41, 5.74) is 1.26. The number of benzene rings is 1. The first-order chi connectivity index (χ1) is 11.6. The van der Waals surface area contributed by atoms with Gasteiger partial charge in [-0.1, -0.05) is 18.2 Å². The van der Waals surface area contributed by atoms with Gasteiger partial charge in [0.25, 0.3) is 0 Å². The molecule has 0 aromatic heterocycles. The zero-order valence-corrected chi connectivity index (χ0v) is 15.2. The molecule has 2 fully saturated rings. The summed E-state index contributed by atoms with van der Waals surface area (Å²) in [5, 5.41) is 0. The minimum absolute atomic E-state index is 0.184. The number of carbonyl (C=O) groups is 1. The molecule has 0 N–H and O–H groups in total. The Morgan fingerprint density at radius 2 is 1.88 bits per heavy atom. The van der Waals surface area contributed by atoms with E-state index in [-0.39, 0.29) is 12.0 Å². The average Bonchev–Trinajstić information content (AvgIpc) is 3.17. The van der Waals surface area contributed by atoms with Crippen molar-refractivity contribution in [3.05, 3.63) is 29.8 Å². The lowest BCUT2D eigenvalue weighted by Gasteiger charge is -2.35. The maximum Gasteiger partial charge on any atom is 0.219 e. The molecular formula is C20H30N2O2. The van der Waals surface area contributed by atoms with Crippen LogP contribution in [0, 0.1) is 0 Å². The van der Waals surface area contributed by atoms with Crippen LogP contribution in [0.1, 0.15) is 52.0 Å². The van der Waals surface area contributed by atoms with Crippen molar-refractivity contribution < 1.29 is 9.53 Å². The molecule has 4 heteroatoms. The van der Waals surface area contributed by atoms with E-state index in [0.717, 1.165) is 38.2 Å². The Hall–Kier alpha value is -1.55. The minimum Gasteiger partial charge on any atom is -0.491 e. The van der Waals surface area contributed by atoms with Crippen LogP contribution in [-0.2, 0) is 11.3 Å². The van der Waals surface area contributed by atoms with Crippen LogP contribution < -0.4 is 4.74 Å². The van der Waals surface area contributed by atoms with E-state index in [4.69, 9.17) is 4.74 Å². The maximum absolute atomic E-state index is 11.9. The third kappa shape index (κ3) is 3.75. The van der Waals surface area contributed by atoms with E-state index in [1.807, 2.05) is 6.07 Å². The van der Waals surface area contributed by atoms with E-state index in [9.17, 15) is 4.79 Å². The lowest BCUT2D eigenvalue weighted by molar-refractivity contribution is -0.130. The normalized spacial score (nSPS) is 24.8. The molecule has 1 amide bonds. The highest BCUT2D eigenvalue weighted by Crippen LogP contribution is 2.32. The molecule has 2 atom stereocenters. The second-order valence-corrected chi connectivity index (χ2v) is 7.38. The molecule has 1 aromatic rings. The van der Waals surface area contributed by atoms with Gasteiger partial charge in [-0.25, -0.2) is 0 Å². The average molecular weight is 330 g/mol. The number of likely N-dealkylation sites (tertiary alicyclic amines) is 2. The number of amides is 1. The SMILES string of the molecule is CC(=O)N1CCC[C@@H]1[C@H]1CCCN1Cc1ccccc1OC(C)C. The van der Waals surface area contributed by atoms with Gasteiger partial charge in [-0.3, -0.25) is 9.69 Å². The van der Waals surface area contributed by atoms with E-state index in [1.165, 1.54) is 18.4 Å². The molecule has 0 spiro atoms. The number of para-hydroxylation sites is 1. The summed E-state index contributed by atoms with van der Waals surface area (Å²) in [6, 6.07) is 9.25. The van der Waals surface area contributed by atoms with Crippen molar-refractivity contribution in [2.45, 2.75) is 71.2 Å². The summed E-state index contributed by atoms with van der Waals surface area (Å²) in [6.45, 7) is 8.80. The smallest absolute Gasteiger partial charge is 0.219 e. The summed E-state index contributed by atoms with van der Waals surface area (Å²) < 4.78 is 5.98. The van der Waals surface area contributed by atoms with Crippen molar-refractivity contribution in [2.24, 2.45) is 0 Å². The van der Waals surface area contributed by atoms with Crippen LogP contribution in [0.25, 0.3) is 0 Å². The topological polar surface area (TPSA) is 32.8 Å². The molecule has 1 aromatic carbocycles. The molecule has 2 heterocycles. The molecule has 2 aliphatic heterocycles. The van der Waals surface area contributed by atoms with Crippen LogP contribution in [0.3, 0.4) is 0 Å². The Morgan fingerprint density at radius 3 is 2.62 bits per heavy atom. The number of ether oxygens (including phenoxy) is 1. The molecule has 2 saturated heterocycles.